The zero-order valence-electron chi connectivity index (χ0n) is 48.2. The van der Waals surface area contributed by atoms with Crippen LogP contribution in [0.2, 0.25) is 0 Å². The maximum Gasteiger partial charge on any atom is 0.306 e. The lowest BCUT2D eigenvalue weighted by atomic mass is 10.0. The van der Waals surface area contributed by atoms with Crippen LogP contribution in [0.25, 0.3) is 0 Å². The normalized spacial score (nSPS) is 12.5. The summed E-state index contributed by atoms with van der Waals surface area (Å²) >= 11 is 0. The van der Waals surface area contributed by atoms with Gasteiger partial charge >= 0.3 is 11.9 Å². The molecule has 0 aliphatic heterocycles. The topological polar surface area (TPSA) is 72.8 Å². The van der Waals surface area contributed by atoms with Crippen molar-refractivity contribution in [2.45, 2.75) is 341 Å². The van der Waals surface area contributed by atoms with Crippen molar-refractivity contribution < 1.29 is 24.2 Å². The summed E-state index contributed by atoms with van der Waals surface area (Å²) in [7, 11) is 0. The number of rotatable bonds is 59. The van der Waals surface area contributed by atoms with Crippen molar-refractivity contribution in [3.63, 3.8) is 0 Å². The first-order valence-electron chi connectivity index (χ1n) is 31.8. The van der Waals surface area contributed by atoms with Crippen molar-refractivity contribution in [1.29, 1.82) is 0 Å². The number of carbonyl (C=O) groups excluding carboxylic acids is 2. The molecule has 0 bridgehead atoms. The Bertz CT molecular complexity index is 1230. The molecule has 1 atom stereocenters. The fourth-order valence-corrected chi connectivity index (χ4v) is 9.55. The molecule has 0 aromatic carbocycles. The molecule has 0 fully saturated rings. The minimum Gasteiger partial charge on any atom is -0.462 e. The molecule has 0 saturated carbocycles. The van der Waals surface area contributed by atoms with Crippen LogP contribution in [-0.2, 0) is 19.1 Å². The van der Waals surface area contributed by atoms with Gasteiger partial charge in [-0.1, -0.05) is 306 Å². The molecule has 0 rings (SSSR count). The molecule has 5 heteroatoms. The third-order valence-electron chi connectivity index (χ3n) is 14.3. The highest BCUT2D eigenvalue weighted by molar-refractivity contribution is 5.70. The molecule has 420 valence electrons. The summed E-state index contributed by atoms with van der Waals surface area (Å²) in [6.45, 7) is 4.07. The standard InChI is InChI=1S/C67H122O5/c1-3-5-7-9-11-13-15-17-19-21-23-25-26-27-28-29-30-31-32-33-34-35-36-37-38-39-40-42-44-46-48-50-52-54-56-58-60-62-67(70)72-65(63-68)64-71-66(69)61-59-57-55-53-51-49-47-45-43-41-24-22-20-18-16-14-12-10-8-6-4-2/h5,7,11,13,17,19,22-25,65,68H,3-4,6,8-10,12,14-16,18,20-21,26-64H2,1-2H3/b7-5-,13-11-,19-17-,24-22-,25-23-. The fourth-order valence-electron chi connectivity index (χ4n) is 9.55. The molecule has 0 aliphatic rings. The fraction of sp³-hybridized carbons (Fsp3) is 0.821. The Morgan fingerprint density at radius 2 is 0.597 bits per heavy atom. The van der Waals surface area contributed by atoms with Crippen molar-refractivity contribution in [1.82, 2.24) is 0 Å². The van der Waals surface area contributed by atoms with E-state index >= 15 is 0 Å². The molecule has 5 nitrogen and oxygen atoms in total. The third kappa shape index (κ3) is 60.2. The Labute approximate surface area is 449 Å². The molecular weight excluding hydrogens is 885 g/mol. The number of hydrogen-bond acceptors (Lipinski definition) is 5. The predicted molar refractivity (Wildman–Crippen MR) is 316 cm³/mol. The molecule has 0 aromatic heterocycles. The molecule has 1 N–H and O–H groups in total. The van der Waals surface area contributed by atoms with Gasteiger partial charge in [0.15, 0.2) is 6.10 Å². The molecule has 0 amide bonds. The Morgan fingerprint density at radius 3 is 0.917 bits per heavy atom. The summed E-state index contributed by atoms with van der Waals surface area (Å²) in [5.41, 5.74) is 0. The SMILES string of the molecule is CC/C=C\C/C=C\C/C=C\C/C=C\CCCCCCCCCCCCCCCCCCCCCCCCCCC(=O)OC(CO)COC(=O)CCCCCCCCCCC/C=C\CCCCCCCCCC. The highest BCUT2D eigenvalue weighted by Gasteiger charge is 2.16. The van der Waals surface area contributed by atoms with Gasteiger partial charge < -0.3 is 14.6 Å². The summed E-state index contributed by atoms with van der Waals surface area (Å²) < 4.78 is 10.7. The largest absolute Gasteiger partial charge is 0.462 e. The monoisotopic (exact) mass is 1010 g/mol. The number of esters is 2. The van der Waals surface area contributed by atoms with Gasteiger partial charge in [-0.05, 0) is 77.0 Å². The van der Waals surface area contributed by atoms with E-state index in [1.165, 1.54) is 244 Å². The van der Waals surface area contributed by atoms with E-state index in [9.17, 15) is 14.7 Å². The molecule has 1 unspecified atom stereocenters. The molecule has 0 spiro atoms. The first-order valence-corrected chi connectivity index (χ1v) is 31.8. The van der Waals surface area contributed by atoms with Gasteiger partial charge in [-0.15, -0.1) is 0 Å². The lowest BCUT2D eigenvalue weighted by Gasteiger charge is -2.15. The Kier molecular flexibility index (Phi) is 60.8. The number of aliphatic hydroxyl groups excluding tert-OH is 1. The second kappa shape index (κ2) is 62.9. The Hall–Kier alpha value is -2.40. The van der Waals surface area contributed by atoms with Gasteiger partial charge in [-0.3, -0.25) is 9.59 Å². The summed E-state index contributed by atoms with van der Waals surface area (Å²) in [4.78, 5) is 24.6. The van der Waals surface area contributed by atoms with Gasteiger partial charge in [-0.2, -0.15) is 0 Å². The van der Waals surface area contributed by atoms with Crippen molar-refractivity contribution in [2.24, 2.45) is 0 Å². The number of allylic oxidation sites excluding steroid dienone is 10. The first kappa shape index (κ1) is 69.6. The lowest BCUT2D eigenvalue weighted by Crippen LogP contribution is -2.28. The Morgan fingerprint density at radius 1 is 0.333 bits per heavy atom. The number of unbranched alkanes of at least 4 members (excludes halogenated alkanes) is 41. The van der Waals surface area contributed by atoms with Crippen LogP contribution in [-0.4, -0.2) is 36.4 Å². The zero-order chi connectivity index (χ0) is 52.0. The van der Waals surface area contributed by atoms with Gasteiger partial charge in [0.25, 0.3) is 0 Å². The van der Waals surface area contributed by atoms with Crippen LogP contribution in [0.3, 0.4) is 0 Å². The van der Waals surface area contributed by atoms with E-state index < -0.39 is 6.10 Å². The summed E-state index contributed by atoms with van der Waals surface area (Å²) in [6.07, 6.45) is 85.2. The molecule has 0 aliphatic carbocycles. The van der Waals surface area contributed by atoms with Crippen LogP contribution in [0.4, 0.5) is 0 Å². The van der Waals surface area contributed by atoms with E-state index in [0.29, 0.717) is 12.8 Å². The van der Waals surface area contributed by atoms with Crippen LogP contribution in [0, 0.1) is 0 Å². The summed E-state index contributed by atoms with van der Waals surface area (Å²) in [5.74, 6) is -0.575. The van der Waals surface area contributed by atoms with E-state index in [0.717, 1.165) is 64.2 Å². The quantitative estimate of drug-likeness (QED) is 0.0373. The number of carbonyl (C=O) groups is 2. The van der Waals surface area contributed by atoms with Crippen molar-refractivity contribution in [3.8, 4) is 0 Å². The minimum atomic E-state index is -0.772. The summed E-state index contributed by atoms with van der Waals surface area (Å²) in [5, 5.41) is 9.67. The molecule has 0 heterocycles. The number of ether oxygens (including phenoxy) is 2. The molecular formula is C67H122O5. The van der Waals surface area contributed by atoms with Gasteiger partial charge in [0.2, 0.25) is 0 Å². The predicted octanol–water partition coefficient (Wildman–Crippen LogP) is 21.8. The molecule has 0 radical (unpaired) electrons. The van der Waals surface area contributed by atoms with Crippen LogP contribution in [0.5, 0.6) is 0 Å². The smallest absolute Gasteiger partial charge is 0.306 e. The van der Waals surface area contributed by atoms with Crippen molar-refractivity contribution in [3.05, 3.63) is 60.8 Å². The van der Waals surface area contributed by atoms with E-state index in [-0.39, 0.29) is 25.2 Å². The maximum atomic E-state index is 12.3. The van der Waals surface area contributed by atoms with E-state index in [1.807, 2.05) is 0 Å². The molecule has 0 saturated heterocycles. The highest BCUT2D eigenvalue weighted by atomic mass is 16.6. The molecule has 72 heavy (non-hydrogen) atoms. The van der Waals surface area contributed by atoms with Gasteiger partial charge in [0.1, 0.15) is 6.61 Å². The van der Waals surface area contributed by atoms with Crippen LogP contribution in [0.1, 0.15) is 335 Å². The van der Waals surface area contributed by atoms with E-state index in [1.54, 1.807) is 0 Å². The zero-order valence-corrected chi connectivity index (χ0v) is 48.2. The maximum absolute atomic E-state index is 12.3. The van der Waals surface area contributed by atoms with E-state index in [2.05, 4.69) is 74.6 Å². The van der Waals surface area contributed by atoms with Gasteiger partial charge in [-0.25, -0.2) is 0 Å². The average Bonchev–Trinajstić information content (AvgIpc) is 3.38. The van der Waals surface area contributed by atoms with Crippen LogP contribution < -0.4 is 0 Å². The van der Waals surface area contributed by atoms with Gasteiger partial charge in [0.05, 0.1) is 6.61 Å². The van der Waals surface area contributed by atoms with Crippen LogP contribution >= 0.6 is 0 Å². The lowest BCUT2D eigenvalue weighted by molar-refractivity contribution is -0.161. The first-order chi connectivity index (χ1) is 35.6. The second-order valence-corrected chi connectivity index (χ2v) is 21.5. The summed E-state index contributed by atoms with van der Waals surface area (Å²) in [6, 6.07) is 0. The number of hydrogen-bond donors (Lipinski definition) is 1. The van der Waals surface area contributed by atoms with E-state index in [4.69, 9.17) is 9.47 Å². The van der Waals surface area contributed by atoms with Crippen molar-refractivity contribution >= 4 is 11.9 Å². The Balaban J connectivity index is 3.40. The molecule has 0 aromatic rings. The second-order valence-electron chi connectivity index (χ2n) is 21.5. The van der Waals surface area contributed by atoms with Crippen molar-refractivity contribution in [2.75, 3.05) is 13.2 Å². The van der Waals surface area contributed by atoms with Gasteiger partial charge in [0, 0.05) is 12.8 Å². The van der Waals surface area contributed by atoms with Crippen LogP contribution in [0.15, 0.2) is 60.8 Å². The highest BCUT2D eigenvalue weighted by Crippen LogP contribution is 2.18. The average molecular weight is 1010 g/mol. The third-order valence-corrected chi connectivity index (χ3v) is 14.3. The number of aliphatic hydroxyl groups is 1. The minimum absolute atomic E-state index is 0.0628.